The van der Waals surface area contributed by atoms with E-state index in [0.29, 0.717) is 0 Å². The third-order valence-corrected chi connectivity index (χ3v) is 6.59. The molecule has 1 aromatic heterocycles. The van der Waals surface area contributed by atoms with Crippen LogP contribution in [0.4, 0.5) is 4.39 Å². The zero-order chi connectivity index (χ0) is 21.8. The molecule has 0 saturated carbocycles. The second-order valence-electron chi connectivity index (χ2n) is 7.05. The average Bonchev–Trinajstić information content (AvgIpc) is 3.28. The van der Waals surface area contributed by atoms with Crippen molar-refractivity contribution in [2.24, 2.45) is 0 Å². The standard InChI is InChI=1S/C22H21FN4O3S/c23-19-8-4-5-9-21(19)27-12-10-20(24-27)22(28)25-13-15-26(16-14-25)31(29,30)17-11-18-6-2-1-3-7-18/h1-12,17H,13-16H2/b17-11+. The van der Waals surface area contributed by atoms with Gasteiger partial charge in [0.25, 0.3) is 5.91 Å². The molecule has 9 heteroatoms. The smallest absolute Gasteiger partial charge is 0.274 e. The summed E-state index contributed by atoms with van der Waals surface area (Å²) in [7, 11) is -3.58. The maximum atomic E-state index is 13.9. The maximum Gasteiger partial charge on any atom is 0.274 e. The molecule has 1 saturated heterocycles. The van der Waals surface area contributed by atoms with Crippen molar-refractivity contribution in [1.82, 2.24) is 19.0 Å². The lowest BCUT2D eigenvalue weighted by Gasteiger charge is -2.32. The zero-order valence-electron chi connectivity index (χ0n) is 16.6. The van der Waals surface area contributed by atoms with Crippen molar-refractivity contribution in [3.63, 3.8) is 0 Å². The van der Waals surface area contributed by atoms with Crippen LogP contribution in [0.3, 0.4) is 0 Å². The molecule has 3 aromatic rings. The molecule has 31 heavy (non-hydrogen) atoms. The van der Waals surface area contributed by atoms with Gasteiger partial charge in [0.1, 0.15) is 11.5 Å². The van der Waals surface area contributed by atoms with E-state index in [0.717, 1.165) is 5.56 Å². The van der Waals surface area contributed by atoms with E-state index in [4.69, 9.17) is 0 Å². The largest absolute Gasteiger partial charge is 0.335 e. The molecule has 4 rings (SSSR count). The second kappa shape index (κ2) is 8.83. The summed E-state index contributed by atoms with van der Waals surface area (Å²) in [6.07, 6.45) is 3.09. The highest BCUT2D eigenvalue weighted by Crippen LogP contribution is 2.15. The van der Waals surface area contributed by atoms with Gasteiger partial charge in [-0.25, -0.2) is 17.5 Å². The van der Waals surface area contributed by atoms with Crippen molar-refractivity contribution in [3.05, 3.63) is 89.3 Å². The highest BCUT2D eigenvalue weighted by molar-refractivity contribution is 7.92. The number of para-hydroxylation sites is 1. The number of nitrogens with zero attached hydrogens (tertiary/aromatic N) is 4. The summed E-state index contributed by atoms with van der Waals surface area (Å²) in [6, 6.07) is 16.9. The number of amides is 1. The first-order chi connectivity index (χ1) is 14.9. The molecule has 2 aromatic carbocycles. The minimum atomic E-state index is -3.58. The monoisotopic (exact) mass is 440 g/mol. The van der Waals surface area contributed by atoms with Gasteiger partial charge in [-0.3, -0.25) is 4.79 Å². The van der Waals surface area contributed by atoms with Crippen LogP contribution in [-0.2, 0) is 10.0 Å². The Bertz CT molecular complexity index is 1200. The summed E-state index contributed by atoms with van der Waals surface area (Å²) in [6.45, 7) is 0.899. The lowest BCUT2D eigenvalue weighted by Crippen LogP contribution is -2.50. The summed E-state index contributed by atoms with van der Waals surface area (Å²) >= 11 is 0. The fourth-order valence-corrected chi connectivity index (χ4v) is 4.51. The predicted molar refractivity (Wildman–Crippen MR) is 115 cm³/mol. The minimum Gasteiger partial charge on any atom is -0.335 e. The minimum absolute atomic E-state index is 0.184. The molecule has 1 fully saturated rings. The molecule has 7 nitrogen and oxygen atoms in total. The van der Waals surface area contributed by atoms with Crippen molar-refractivity contribution in [3.8, 4) is 5.69 Å². The molecule has 2 heterocycles. The molecule has 1 amide bonds. The molecule has 0 radical (unpaired) electrons. The second-order valence-corrected chi connectivity index (χ2v) is 8.87. The lowest BCUT2D eigenvalue weighted by atomic mass is 10.2. The van der Waals surface area contributed by atoms with Gasteiger partial charge in [-0.05, 0) is 29.8 Å². The van der Waals surface area contributed by atoms with Crippen LogP contribution in [-0.4, -0.2) is 59.5 Å². The van der Waals surface area contributed by atoms with Crippen LogP contribution in [0, 0.1) is 5.82 Å². The van der Waals surface area contributed by atoms with E-state index in [2.05, 4.69) is 5.10 Å². The van der Waals surface area contributed by atoms with E-state index in [1.807, 2.05) is 30.3 Å². The van der Waals surface area contributed by atoms with E-state index >= 15 is 0 Å². The van der Waals surface area contributed by atoms with Crippen LogP contribution in [0.5, 0.6) is 0 Å². The summed E-state index contributed by atoms with van der Waals surface area (Å²) in [5.41, 5.74) is 1.23. The van der Waals surface area contributed by atoms with Gasteiger partial charge in [-0.1, -0.05) is 42.5 Å². The summed E-state index contributed by atoms with van der Waals surface area (Å²) in [5.74, 6) is -0.751. The topological polar surface area (TPSA) is 75.5 Å². The SMILES string of the molecule is O=C(c1ccn(-c2ccccc2F)n1)N1CCN(S(=O)(=O)/C=C/c2ccccc2)CC1. The summed E-state index contributed by atoms with van der Waals surface area (Å²) in [4.78, 5) is 14.3. The molecule has 1 aliphatic heterocycles. The first-order valence-electron chi connectivity index (χ1n) is 9.77. The van der Waals surface area contributed by atoms with Gasteiger partial charge in [0.05, 0.1) is 0 Å². The number of carbonyl (C=O) groups excluding carboxylic acids is 1. The van der Waals surface area contributed by atoms with Gasteiger partial charge in [0.2, 0.25) is 10.0 Å². The van der Waals surface area contributed by atoms with Crippen LogP contribution >= 0.6 is 0 Å². The summed E-state index contributed by atoms with van der Waals surface area (Å²) in [5, 5.41) is 5.38. The molecular weight excluding hydrogens is 419 g/mol. The van der Waals surface area contributed by atoms with Crippen LogP contribution in [0.1, 0.15) is 16.1 Å². The maximum absolute atomic E-state index is 13.9. The molecular formula is C22H21FN4O3S. The number of carbonyl (C=O) groups is 1. The predicted octanol–water partition coefficient (Wildman–Crippen LogP) is 2.77. The van der Waals surface area contributed by atoms with Gasteiger partial charge in [0, 0.05) is 37.8 Å². The lowest BCUT2D eigenvalue weighted by molar-refractivity contribution is 0.0692. The number of sulfonamides is 1. The number of rotatable bonds is 5. The van der Waals surface area contributed by atoms with Crippen molar-refractivity contribution in [2.75, 3.05) is 26.2 Å². The molecule has 0 spiro atoms. The number of hydrogen-bond donors (Lipinski definition) is 0. The molecule has 1 aliphatic rings. The zero-order valence-corrected chi connectivity index (χ0v) is 17.5. The number of hydrogen-bond acceptors (Lipinski definition) is 4. The van der Waals surface area contributed by atoms with E-state index in [1.54, 1.807) is 29.2 Å². The highest BCUT2D eigenvalue weighted by atomic mass is 32.2. The van der Waals surface area contributed by atoms with Gasteiger partial charge >= 0.3 is 0 Å². The Balaban J connectivity index is 1.39. The Kier molecular flexibility index (Phi) is 5.97. The Labute approximate surface area is 180 Å². The molecule has 0 aliphatic carbocycles. The van der Waals surface area contributed by atoms with Crippen molar-refractivity contribution in [2.45, 2.75) is 0 Å². The van der Waals surface area contributed by atoms with Crippen LogP contribution in [0.25, 0.3) is 11.8 Å². The Morgan fingerprint density at radius 3 is 2.32 bits per heavy atom. The first kappa shape index (κ1) is 21.0. The van der Waals surface area contributed by atoms with Crippen molar-refractivity contribution >= 4 is 22.0 Å². The Hall–Kier alpha value is -3.30. The van der Waals surface area contributed by atoms with Crippen molar-refractivity contribution in [1.29, 1.82) is 0 Å². The Morgan fingerprint density at radius 2 is 1.61 bits per heavy atom. The third kappa shape index (κ3) is 4.73. The number of benzene rings is 2. The first-order valence-corrected chi connectivity index (χ1v) is 11.3. The van der Waals surface area contributed by atoms with E-state index < -0.39 is 15.8 Å². The van der Waals surface area contributed by atoms with Gasteiger partial charge < -0.3 is 4.90 Å². The van der Waals surface area contributed by atoms with E-state index in [9.17, 15) is 17.6 Å². The normalized spacial score (nSPS) is 15.5. The number of piperazine rings is 1. The Morgan fingerprint density at radius 1 is 0.935 bits per heavy atom. The molecule has 0 unspecified atom stereocenters. The van der Waals surface area contributed by atoms with E-state index in [-0.39, 0.29) is 43.5 Å². The van der Waals surface area contributed by atoms with Gasteiger partial charge in [-0.2, -0.15) is 9.40 Å². The third-order valence-electron chi connectivity index (χ3n) is 5.03. The van der Waals surface area contributed by atoms with Crippen LogP contribution in [0.15, 0.2) is 72.3 Å². The molecule has 0 bridgehead atoms. The fraction of sp³-hybridized carbons (Fsp3) is 0.182. The fourth-order valence-electron chi connectivity index (χ4n) is 3.33. The summed E-state index contributed by atoms with van der Waals surface area (Å²) < 4.78 is 41.8. The molecule has 160 valence electrons. The van der Waals surface area contributed by atoms with Crippen LogP contribution < -0.4 is 0 Å². The van der Waals surface area contributed by atoms with Crippen LogP contribution in [0.2, 0.25) is 0 Å². The van der Waals surface area contributed by atoms with E-state index in [1.165, 1.54) is 32.7 Å². The van der Waals surface area contributed by atoms with Gasteiger partial charge in [-0.15, -0.1) is 0 Å². The number of aromatic nitrogens is 2. The average molecular weight is 441 g/mol. The quantitative estimate of drug-likeness (QED) is 0.612. The number of halogens is 1. The van der Waals surface area contributed by atoms with Gasteiger partial charge in [0.15, 0.2) is 5.69 Å². The van der Waals surface area contributed by atoms with Crippen molar-refractivity contribution < 1.29 is 17.6 Å². The molecule has 0 N–H and O–H groups in total. The molecule has 0 atom stereocenters. The highest BCUT2D eigenvalue weighted by Gasteiger charge is 2.28.